The Hall–Kier alpha value is -0.610. The van der Waals surface area contributed by atoms with Crippen LogP contribution in [0, 0.1) is 11.3 Å². The van der Waals surface area contributed by atoms with E-state index in [0.29, 0.717) is 18.9 Å². The van der Waals surface area contributed by atoms with Crippen LogP contribution in [0.15, 0.2) is 0 Å². The summed E-state index contributed by atoms with van der Waals surface area (Å²) < 4.78 is 0. The lowest BCUT2D eigenvalue weighted by molar-refractivity contribution is -0.142. The van der Waals surface area contributed by atoms with Gasteiger partial charge in [-0.3, -0.25) is 4.79 Å². The number of carbonyl (C=O) groups excluding carboxylic acids is 1. The molecule has 1 saturated heterocycles. The third-order valence-corrected chi connectivity index (χ3v) is 3.94. The van der Waals surface area contributed by atoms with E-state index in [-0.39, 0.29) is 17.9 Å². The molecule has 86 valence electrons. The first-order valence-corrected chi connectivity index (χ1v) is 5.78. The van der Waals surface area contributed by atoms with E-state index < -0.39 is 0 Å². The van der Waals surface area contributed by atoms with Crippen LogP contribution in [0.4, 0.5) is 0 Å². The van der Waals surface area contributed by atoms with Crippen LogP contribution in [-0.2, 0) is 4.79 Å². The number of hydrogen-bond acceptors (Lipinski definition) is 3. The summed E-state index contributed by atoms with van der Waals surface area (Å²) in [5.74, 6) is 0.536. The van der Waals surface area contributed by atoms with Gasteiger partial charge >= 0.3 is 0 Å². The van der Waals surface area contributed by atoms with E-state index in [4.69, 9.17) is 10.8 Å². The molecule has 0 aromatic rings. The Morgan fingerprint density at radius 1 is 1.47 bits per heavy atom. The number of rotatable bonds is 4. The van der Waals surface area contributed by atoms with Crippen molar-refractivity contribution in [1.29, 1.82) is 0 Å². The summed E-state index contributed by atoms with van der Waals surface area (Å²) in [4.78, 5) is 13.7. The van der Waals surface area contributed by atoms with Crippen molar-refractivity contribution < 1.29 is 9.90 Å². The number of aliphatic hydroxyl groups is 1. The maximum absolute atomic E-state index is 11.8. The first kappa shape index (κ1) is 10.9. The molecule has 15 heavy (non-hydrogen) atoms. The number of nitrogens with zero attached hydrogens (tertiary/aromatic N) is 1. The maximum Gasteiger partial charge on any atom is 0.223 e. The Bertz CT molecular complexity index is 239. The second-order valence-electron chi connectivity index (χ2n) is 5.08. The van der Waals surface area contributed by atoms with Crippen molar-refractivity contribution in [2.24, 2.45) is 17.1 Å². The first-order chi connectivity index (χ1) is 7.19. The van der Waals surface area contributed by atoms with Crippen molar-refractivity contribution in [2.75, 3.05) is 26.2 Å². The molecule has 0 aromatic heterocycles. The molecule has 0 unspecified atom stereocenters. The van der Waals surface area contributed by atoms with Crippen LogP contribution in [0.5, 0.6) is 0 Å². The Morgan fingerprint density at radius 2 is 2.13 bits per heavy atom. The van der Waals surface area contributed by atoms with Gasteiger partial charge in [0.15, 0.2) is 0 Å². The van der Waals surface area contributed by atoms with Crippen LogP contribution >= 0.6 is 0 Å². The van der Waals surface area contributed by atoms with Crippen LogP contribution in [0.1, 0.15) is 25.7 Å². The van der Waals surface area contributed by atoms with E-state index >= 15 is 0 Å². The van der Waals surface area contributed by atoms with Crippen LogP contribution in [0.3, 0.4) is 0 Å². The van der Waals surface area contributed by atoms with Gasteiger partial charge in [0.05, 0.1) is 0 Å². The highest BCUT2D eigenvalue weighted by Crippen LogP contribution is 2.43. The van der Waals surface area contributed by atoms with Gasteiger partial charge in [0.25, 0.3) is 0 Å². The Morgan fingerprint density at radius 3 is 2.53 bits per heavy atom. The number of hydrogen-bond donors (Lipinski definition) is 2. The summed E-state index contributed by atoms with van der Waals surface area (Å²) in [6, 6.07) is 0. The average Bonchev–Trinajstić information content (AvgIpc) is 2.09. The minimum Gasteiger partial charge on any atom is -0.396 e. The number of aliphatic hydroxyl groups excluding tert-OH is 1. The zero-order valence-electron chi connectivity index (χ0n) is 9.11. The van der Waals surface area contributed by atoms with E-state index in [1.807, 2.05) is 4.90 Å². The van der Waals surface area contributed by atoms with Crippen molar-refractivity contribution in [3.8, 4) is 0 Å². The van der Waals surface area contributed by atoms with Gasteiger partial charge in [-0.25, -0.2) is 0 Å². The standard InChI is InChI=1S/C11H20N2O2/c12-8-11(2-1-3-11)4-10(15)13-5-9(6-13)7-14/h9,14H,1-8,12H2. The van der Waals surface area contributed by atoms with Crippen molar-refractivity contribution in [3.63, 3.8) is 0 Å². The van der Waals surface area contributed by atoms with E-state index in [1.54, 1.807) is 0 Å². The number of nitrogens with two attached hydrogens (primary N) is 1. The summed E-state index contributed by atoms with van der Waals surface area (Å²) >= 11 is 0. The third kappa shape index (κ3) is 2.01. The van der Waals surface area contributed by atoms with Crippen molar-refractivity contribution >= 4 is 5.91 Å². The molecule has 0 radical (unpaired) electrons. The molecule has 0 bridgehead atoms. The van der Waals surface area contributed by atoms with Crippen LogP contribution < -0.4 is 5.73 Å². The predicted molar refractivity (Wildman–Crippen MR) is 57.1 cm³/mol. The van der Waals surface area contributed by atoms with Crippen LogP contribution in [-0.4, -0.2) is 42.2 Å². The minimum atomic E-state index is 0.112. The highest BCUT2D eigenvalue weighted by Gasteiger charge is 2.40. The third-order valence-electron chi connectivity index (χ3n) is 3.94. The molecule has 2 fully saturated rings. The molecule has 4 heteroatoms. The molecule has 1 saturated carbocycles. The molecule has 2 rings (SSSR count). The normalized spacial score (nSPS) is 24.5. The van der Waals surface area contributed by atoms with Gasteiger partial charge in [-0.1, -0.05) is 6.42 Å². The van der Waals surface area contributed by atoms with Gasteiger partial charge in [-0.2, -0.15) is 0 Å². The molecule has 1 aliphatic carbocycles. The van der Waals surface area contributed by atoms with Gasteiger partial charge < -0.3 is 15.7 Å². The summed E-state index contributed by atoms with van der Waals surface area (Å²) in [6.07, 6.45) is 4.03. The SMILES string of the molecule is NCC1(CC(=O)N2CC(CO)C2)CCC1. The molecule has 1 aliphatic heterocycles. The number of amides is 1. The number of likely N-dealkylation sites (tertiary alicyclic amines) is 1. The lowest BCUT2D eigenvalue weighted by Crippen LogP contribution is -2.53. The monoisotopic (exact) mass is 212 g/mol. The second kappa shape index (κ2) is 4.10. The highest BCUT2D eigenvalue weighted by atomic mass is 16.3. The Labute approximate surface area is 90.4 Å². The Balaban J connectivity index is 1.78. The lowest BCUT2D eigenvalue weighted by atomic mass is 9.66. The summed E-state index contributed by atoms with van der Waals surface area (Å²) in [6.45, 7) is 2.30. The molecule has 0 atom stereocenters. The van der Waals surface area contributed by atoms with Gasteiger partial charge in [0, 0.05) is 32.0 Å². The molecule has 2 aliphatic rings. The second-order valence-corrected chi connectivity index (χ2v) is 5.08. The van der Waals surface area contributed by atoms with E-state index in [9.17, 15) is 4.79 Å². The quantitative estimate of drug-likeness (QED) is 0.687. The topological polar surface area (TPSA) is 66.6 Å². The van der Waals surface area contributed by atoms with Gasteiger partial charge in [-0.15, -0.1) is 0 Å². The molecular formula is C11H20N2O2. The van der Waals surface area contributed by atoms with E-state index in [1.165, 1.54) is 6.42 Å². The van der Waals surface area contributed by atoms with Crippen molar-refractivity contribution in [2.45, 2.75) is 25.7 Å². The average molecular weight is 212 g/mol. The molecule has 4 nitrogen and oxygen atoms in total. The molecule has 1 amide bonds. The largest absolute Gasteiger partial charge is 0.396 e. The maximum atomic E-state index is 11.8. The predicted octanol–water partition coefficient (Wildman–Crippen LogP) is -0.0438. The van der Waals surface area contributed by atoms with E-state index in [2.05, 4.69) is 0 Å². The molecule has 0 aromatic carbocycles. The van der Waals surface area contributed by atoms with Gasteiger partial charge in [0.1, 0.15) is 0 Å². The van der Waals surface area contributed by atoms with Gasteiger partial charge in [-0.05, 0) is 24.8 Å². The summed E-state index contributed by atoms with van der Waals surface area (Å²) in [7, 11) is 0. The number of carbonyl (C=O) groups is 1. The fourth-order valence-electron chi connectivity index (χ4n) is 2.45. The molecule has 3 N–H and O–H groups in total. The van der Waals surface area contributed by atoms with Crippen LogP contribution in [0.25, 0.3) is 0 Å². The molecular weight excluding hydrogens is 192 g/mol. The zero-order chi connectivity index (χ0) is 10.9. The molecule has 0 spiro atoms. The van der Waals surface area contributed by atoms with Crippen molar-refractivity contribution in [1.82, 2.24) is 4.90 Å². The highest BCUT2D eigenvalue weighted by molar-refractivity contribution is 5.78. The summed E-state index contributed by atoms with van der Waals surface area (Å²) in [5.41, 5.74) is 5.83. The van der Waals surface area contributed by atoms with Gasteiger partial charge in [0.2, 0.25) is 5.91 Å². The fourth-order valence-corrected chi connectivity index (χ4v) is 2.45. The van der Waals surface area contributed by atoms with E-state index in [0.717, 1.165) is 25.9 Å². The minimum absolute atomic E-state index is 0.112. The smallest absolute Gasteiger partial charge is 0.223 e. The zero-order valence-corrected chi connectivity index (χ0v) is 9.11. The Kier molecular flexibility index (Phi) is 2.98. The first-order valence-electron chi connectivity index (χ1n) is 5.78. The summed E-state index contributed by atoms with van der Waals surface area (Å²) in [5, 5.41) is 8.86. The fraction of sp³-hybridized carbons (Fsp3) is 0.909. The van der Waals surface area contributed by atoms with Crippen LogP contribution in [0.2, 0.25) is 0 Å². The lowest BCUT2D eigenvalue weighted by Gasteiger charge is -2.44. The molecule has 1 heterocycles. The van der Waals surface area contributed by atoms with Crippen molar-refractivity contribution in [3.05, 3.63) is 0 Å².